The Balaban J connectivity index is 1.27. The van der Waals surface area contributed by atoms with Crippen LogP contribution in [0.2, 0.25) is 0 Å². The first-order valence-electron chi connectivity index (χ1n) is 14.2. The molecule has 2 saturated heterocycles. The van der Waals surface area contributed by atoms with Crippen molar-refractivity contribution < 1.29 is 22.6 Å². The Morgan fingerprint density at radius 1 is 0.925 bits per heavy atom. The largest absolute Gasteiger partial charge is 0.379 e. The van der Waals surface area contributed by atoms with Crippen LogP contribution in [0.3, 0.4) is 0 Å². The molecule has 0 bridgehead atoms. The van der Waals surface area contributed by atoms with Gasteiger partial charge in [-0.15, -0.1) is 0 Å². The summed E-state index contributed by atoms with van der Waals surface area (Å²) >= 11 is 0. The number of ether oxygens (including phenoxy) is 2. The molecule has 0 radical (unpaired) electrons. The normalized spacial score (nSPS) is 24.6. The highest BCUT2D eigenvalue weighted by Crippen LogP contribution is 2.31. The third-order valence-corrected chi connectivity index (χ3v) is 8.34. The third kappa shape index (κ3) is 5.75. The number of imidazole rings is 1. The van der Waals surface area contributed by atoms with Crippen LogP contribution >= 0.6 is 0 Å². The van der Waals surface area contributed by atoms with E-state index in [1.807, 2.05) is 4.90 Å². The van der Waals surface area contributed by atoms with E-state index in [1.165, 1.54) is 4.57 Å². The van der Waals surface area contributed by atoms with Crippen LogP contribution in [0.1, 0.15) is 37.9 Å². The van der Waals surface area contributed by atoms with Crippen molar-refractivity contribution in [3.05, 3.63) is 36.2 Å². The molecule has 3 fully saturated rings. The minimum Gasteiger partial charge on any atom is -0.379 e. The van der Waals surface area contributed by atoms with Crippen LogP contribution in [0.25, 0.3) is 16.9 Å². The monoisotopic (exact) mass is 559 g/mol. The van der Waals surface area contributed by atoms with Crippen LogP contribution < -0.4 is 10.2 Å². The molecule has 4 heterocycles. The maximum Gasteiger partial charge on any atom is 0.296 e. The summed E-state index contributed by atoms with van der Waals surface area (Å²) in [6.07, 6.45) is 1.67. The number of fused-ring (bicyclic) bond motifs is 1. The minimum absolute atomic E-state index is 0.237. The summed E-state index contributed by atoms with van der Waals surface area (Å²) < 4.78 is 54.6. The van der Waals surface area contributed by atoms with Gasteiger partial charge in [0.2, 0.25) is 5.95 Å². The Labute approximate surface area is 231 Å². The lowest BCUT2D eigenvalue weighted by Gasteiger charge is -2.38. The lowest BCUT2D eigenvalue weighted by molar-refractivity contribution is 0.00539. The van der Waals surface area contributed by atoms with Gasteiger partial charge < -0.3 is 19.7 Å². The van der Waals surface area contributed by atoms with Crippen molar-refractivity contribution in [2.75, 3.05) is 69.5 Å². The molecule has 1 saturated carbocycles. The van der Waals surface area contributed by atoms with Crippen molar-refractivity contribution in [3.63, 3.8) is 0 Å². The molecular weight excluding hydrogens is 523 g/mol. The number of nitrogens with one attached hydrogen (secondary N) is 1. The van der Waals surface area contributed by atoms with Crippen molar-refractivity contribution in [3.8, 4) is 5.82 Å². The van der Waals surface area contributed by atoms with Gasteiger partial charge in [-0.05, 0) is 43.7 Å². The second-order valence-corrected chi connectivity index (χ2v) is 10.8. The van der Waals surface area contributed by atoms with E-state index in [9.17, 15) is 13.2 Å². The molecule has 1 atom stereocenters. The van der Waals surface area contributed by atoms with Gasteiger partial charge in [-0.2, -0.15) is 9.97 Å². The second kappa shape index (κ2) is 12.3. The first kappa shape index (κ1) is 27.2. The molecular formula is C28H36F3N7O2. The number of morpholine rings is 2. The van der Waals surface area contributed by atoms with E-state index in [1.54, 1.807) is 30.3 Å². The van der Waals surface area contributed by atoms with Gasteiger partial charge in [0, 0.05) is 38.3 Å². The smallest absolute Gasteiger partial charge is 0.296 e. The highest BCUT2D eigenvalue weighted by Gasteiger charge is 2.29. The number of halogens is 3. The number of rotatable bonds is 8. The van der Waals surface area contributed by atoms with Gasteiger partial charge >= 0.3 is 0 Å². The summed E-state index contributed by atoms with van der Waals surface area (Å²) in [6.45, 7) is 4.81. The fourth-order valence-electron chi connectivity index (χ4n) is 6.17. The fraction of sp³-hybridized carbons (Fsp3) is 0.607. The SMILES string of the molecule is FC[C@H]1COCCN1c1cc(-n2c(C(F)F)nc3ccccc32)nc(NC[C@H]2CC[C@H](N3CCOCC3)CC2)n1. The summed E-state index contributed by atoms with van der Waals surface area (Å²) in [6, 6.07) is 8.74. The summed E-state index contributed by atoms with van der Waals surface area (Å²) in [5.74, 6) is 1.16. The van der Waals surface area contributed by atoms with E-state index in [2.05, 4.69) is 20.2 Å². The molecule has 1 aromatic carbocycles. The predicted octanol–water partition coefficient (Wildman–Crippen LogP) is 4.23. The highest BCUT2D eigenvalue weighted by molar-refractivity contribution is 5.78. The molecule has 2 aliphatic heterocycles. The Hall–Kier alpha value is -2.96. The molecule has 0 unspecified atom stereocenters. The Bertz CT molecular complexity index is 1280. The highest BCUT2D eigenvalue weighted by atomic mass is 19.3. The summed E-state index contributed by atoms with van der Waals surface area (Å²) in [5, 5.41) is 3.39. The molecule has 6 rings (SSSR count). The standard InChI is InChI=1S/C28H36F3N7O2/c29-16-21-18-40-14-11-37(21)24-15-25(38-23-4-2-1-3-22(23)33-27(38)26(30)31)35-28(34-24)32-17-19-5-7-20(8-6-19)36-9-12-39-13-10-36/h1-4,15,19-21,26H,5-14,16-18H2,(H,32,34,35)/t19-,20-,21-/m0/s1. The lowest BCUT2D eigenvalue weighted by Crippen LogP contribution is -2.47. The molecule has 3 aromatic rings. The number of alkyl halides is 3. The van der Waals surface area contributed by atoms with Crippen LogP contribution in [0, 0.1) is 5.92 Å². The number of hydrogen-bond acceptors (Lipinski definition) is 8. The fourth-order valence-corrected chi connectivity index (χ4v) is 6.17. The van der Waals surface area contributed by atoms with Gasteiger partial charge in [-0.25, -0.2) is 18.2 Å². The topological polar surface area (TPSA) is 80.6 Å². The number of para-hydroxylation sites is 2. The number of anilines is 2. The number of hydrogen-bond donors (Lipinski definition) is 1. The van der Waals surface area contributed by atoms with Gasteiger partial charge in [0.05, 0.1) is 43.5 Å². The minimum atomic E-state index is -2.80. The van der Waals surface area contributed by atoms with Crippen LogP contribution in [-0.2, 0) is 9.47 Å². The molecule has 40 heavy (non-hydrogen) atoms. The zero-order valence-corrected chi connectivity index (χ0v) is 22.5. The Morgan fingerprint density at radius 2 is 1.68 bits per heavy atom. The van der Waals surface area contributed by atoms with Crippen molar-refractivity contribution in [1.29, 1.82) is 0 Å². The average Bonchev–Trinajstić information content (AvgIpc) is 3.41. The Morgan fingerprint density at radius 3 is 2.45 bits per heavy atom. The Kier molecular flexibility index (Phi) is 8.35. The summed E-state index contributed by atoms with van der Waals surface area (Å²) in [5.41, 5.74) is 0.983. The van der Waals surface area contributed by atoms with Crippen LogP contribution in [0.5, 0.6) is 0 Å². The van der Waals surface area contributed by atoms with Crippen molar-refractivity contribution >= 4 is 22.8 Å². The number of benzene rings is 1. The molecule has 0 amide bonds. The molecule has 12 heteroatoms. The molecule has 2 aromatic heterocycles. The van der Waals surface area contributed by atoms with E-state index in [4.69, 9.17) is 14.5 Å². The van der Waals surface area contributed by atoms with Gasteiger partial charge in [0.25, 0.3) is 6.43 Å². The summed E-state index contributed by atoms with van der Waals surface area (Å²) in [7, 11) is 0. The van der Waals surface area contributed by atoms with Crippen LogP contribution in [0.4, 0.5) is 24.9 Å². The molecule has 0 spiro atoms. The third-order valence-electron chi connectivity index (χ3n) is 8.34. The van der Waals surface area contributed by atoms with Crippen molar-refractivity contribution in [2.45, 2.75) is 44.2 Å². The predicted molar refractivity (Wildman–Crippen MR) is 146 cm³/mol. The van der Waals surface area contributed by atoms with Crippen molar-refractivity contribution in [2.24, 2.45) is 5.92 Å². The first-order chi connectivity index (χ1) is 19.6. The second-order valence-electron chi connectivity index (χ2n) is 10.8. The number of aromatic nitrogens is 4. The average molecular weight is 560 g/mol. The molecule has 9 nitrogen and oxygen atoms in total. The van der Waals surface area contributed by atoms with E-state index in [0.717, 1.165) is 52.0 Å². The summed E-state index contributed by atoms with van der Waals surface area (Å²) in [4.78, 5) is 18.0. The quantitative estimate of drug-likeness (QED) is 0.439. The van der Waals surface area contributed by atoms with Gasteiger partial charge in [-0.3, -0.25) is 9.47 Å². The lowest BCUT2D eigenvalue weighted by atomic mass is 9.85. The molecule has 216 valence electrons. The number of nitrogens with zero attached hydrogens (tertiary/aromatic N) is 6. The molecule has 1 N–H and O–H groups in total. The van der Waals surface area contributed by atoms with Gasteiger partial charge in [-0.1, -0.05) is 12.1 Å². The van der Waals surface area contributed by atoms with Gasteiger partial charge in [0.1, 0.15) is 18.3 Å². The van der Waals surface area contributed by atoms with Crippen LogP contribution in [-0.4, -0.2) is 95.8 Å². The maximum atomic E-state index is 14.2. The zero-order chi connectivity index (χ0) is 27.5. The zero-order valence-electron chi connectivity index (χ0n) is 22.5. The first-order valence-corrected chi connectivity index (χ1v) is 14.2. The van der Waals surface area contributed by atoms with E-state index < -0.39 is 19.1 Å². The van der Waals surface area contributed by atoms with E-state index >= 15 is 0 Å². The van der Waals surface area contributed by atoms with E-state index in [-0.39, 0.29) is 18.2 Å². The van der Waals surface area contributed by atoms with Crippen molar-refractivity contribution in [1.82, 2.24) is 24.4 Å². The van der Waals surface area contributed by atoms with E-state index in [0.29, 0.717) is 54.5 Å². The van der Waals surface area contributed by atoms with Crippen LogP contribution in [0.15, 0.2) is 30.3 Å². The van der Waals surface area contributed by atoms with Gasteiger partial charge in [0.15, 0.2) is 5.82 Å². The maximum absolute atomic E-state index is 14.2. The molecule has 3 aliphatic rings. The molecule has 1 aliphatic carbocycles.